The zero-order valence-corrected chi connectivity index (χ0v) is 13.7. The highest BCUT2D eigenvalue weighted by atomic mass is 16.5. The number of hydrogen-bond acceptors (Lipinski definition) is 4. The van der Waals surface area contributed by atoms with E-state index in [2.05, 4.69) is 5.32 Å². The molecule has 1 amide bonds. The Morgan fingerprint density at radius 2 is 1.67 bits per heavy atom. The minimum atomic E-state index is -0.893. The molecule has 128 valence electrons. The molecule has 0 aromatic heterocycles. The first kappa shape index (κ1) is 16.4. The van der Waals surface area contributed by atoms with E-state index >= 15 is 0 Å². The number of rotatable bonds is 6. The predicted octanol–water partition coefficient (Wildman–Crippen LogP) is 1.84. The van der Waals surface area contributed by atoms with Gasteiger partial charge in [-0.2, -0.15) is 0 Å². The van der Waals surface area contributed by atoms with E-state index in [1.165, 1.54) is 0 Å². The summed E-state index contributed by atoms with van der Waals surface area (Å²) >= 11 is 0. The number of benzene rings is 1. The number of methoxy groups -OCH3 is 2. The van der Waals surface area contributed by atoms with E-state index in [4.69, 9.17) is 9.47 Å². The van der Waals surface area contributed by atoms with Gasteiger partial charge in [0.25, 0.3) is 0 Å². The molecule has 1 saturated carbocycles. The minimum Gasteiger partial charge on any atom is -0.497 e. The molecular weight excluding hydrogens is 310 g/mol. The standard InChI is InChI=1S/C18H21NO5/c1-23-13-5-10(6-14(8-13)24-2)9-19-17(20)15-11-3-4-12(7-11)16(15)18(21)22/h3-6,8,11-12,15-16H,7,9H2,1-2H3,(H,19,20)(H,21,22)/t11-,12-,15+,16+/m0/s1. The predicted molar refractivity (Wildman–Crippen MR) is 86.7 cm³/mol. The summed E-state index contributed by atoms with van der Waals surface area (Å²) in [5.41, 5.74) is 0.838. The lowest BCUT2D eigenvalue weighted by Gasteiger charge is -2.24. The first-order chi connectivity index (χ1) is 11.5. The van der Waals surface area contributed by atoms with Gasteiger partial charge in [0.05, 0.1) is 26.1 Å². The van der Waals surface area contributed by atoms with Crippen LogP contribution in [0.3, 0.4) is 0 Å². The third-order valence-corrected chi connectivity index (χ3v) is 4.93. The summed E-state index contributed by atoms with van der Waals surface area (Å²) in [6.07, 6.45) is 4.66. The first-order valence-corrected chi connectivity index (χ1v) is 7.94. The number of carboxylic acids is 1. The summed E-state index contributed by atoms with van der Waals surface area (Å²) in [5, 5.41) is 12.3. The van der Waals surface area contributed by atoms with Crippen LogP contribution in [0.4, 0.5) is 0 Å². The number of allylic oxidation sites excluding steroid dienone is 2. The molecule has 0 unspecified atom stereocenters. The molecule has 0 radical (unpaired) electrons. The summed E-state index contributed by atoms with van der Waals surface area (Å²) in [6, 6.07) is 5.39. The lowest BCUT2D eigenvalue weighted by atomic mass is 9.82. The van der Waals surface area contributed by atoms with E-state index in [0.29, 0.717) is 18.0 Å². The molecule has 4 atom stereocenters. The number of fused-ring (bicyclic) bond motifs is 2. The number of carbonyl (C=O) groups is 2. The van der Waals surface area contributed by atoms with Crippen LogP contribution in [0.5, 0.6) is 11.5 Å². The third kappa shape index (κ3) is 2.96. The van der Waals surface area contributed by atoms with Gasteiger partial charge in [0, 0.05) is 12.6 Å². The topological polar surface area (TPSA) is 84.9 Å². The summed E-state index contributed by atoms with van der Waals surface area (Å²) < 4.78 is 10.4. The molecule has 0 spiro atoms. The molecule has 24 heavy (non-hydrogen) atoms. The van der Waals surface area contributed by atoms with Crippen molar-refractivity contribution in [2.45, 2.75) is 13.0 Å². The molecule has 6 nitrogen and oxygen atoms in total. The highest BCUT2D eigenvalue weighted by molar-refractivity contribution is 5.86. The Labute approximate surface area is 140 Å². The number of ether oxygens (including phenoxy) is 2. The summed E-state index contributed by atoms with van der Waals surface area (Å²) in [4.78, 5) is 24.1. The van der Waals surface area contributed by atoms with Crippen LogP contribution in [0.25, 0.3) is 0 Å². The molecule has 6 heteroatoms. The van der Waals surface area contributed by atoms with Crippen LogP contribution in [-0.4, -0.2) is 31.2 Å². The fraction of sp³-hybridized carbons (Fsp3) is 0.444. The zero-order chi connectivity index (χ0) is 17.3. The molecule has 2 aliphatic carbocycles. The summed E-state index contributed by atoms with van der Waals surface area (Å²) in [5.74, 6) is -0.938. The number of amides is 1. The second kappa shape index (κ2) is 6.55. The van der Waals surface area contributed by atoms with E-state index < -0.39 is 17.8 Å². The van der Waals surface area contributed by atoms with Gasteiger partial charge < -0.3 is 19.9 Å². The number of hydrogen-bond donors (Lipinski definition) is 2. The van der Waals surface area contributed by atoms with Crippen molar-refractivity contribution >= 4 is 11.9 Å². The second-order valence-corrected chi connectivity index (χ2v) is 6.28. The van der Waals surface area contributed by atoms with E-state index in [1.54, 1.807) is 20.3 Å². The van der Waals surface area contributed by atoms with Gasteiger partial charge in [-0.15, -0.1) is 0 Å². The Morgan fingerprint density at radius 1 is 1.08 bits per heavy atom. The van der Waals surface area contributed by atoms with Gasteiger partial charge in [0.15, 0.2) is 0 Å². The lowest BCUT2D eigenvalue weighted by Crippen LogP contribution is -2.39. The maximum atomic E-state index is 12.6. The third-order valence-electron chi connectivity index (χ3n) is 4.93. The van der Waals surface area contributed by atoms with E-state index in [0.717, 1.165) is 12.0 Å². The van der Waals surface area contributed by atoms with Crippen molar-refractivity contribution in [3.8, 4) is 11.5 Å². The fourth-order valence-corrected chi connectivity index (χ4v) is 3.79. The maximum absolute atomic E-state index is 12.6. The number of aliphatic carboxylic acids is 1. The quantitative estimate of drug-likeness (QED) is 0.777. The average Bonchev–Trinajstić information content (AvgIpc) is 3.20. The Balaban J connectivity index is 1.70. The Morgan fingerprint density at radius 3 is 2.21 bits per heavy atom. The van der Waals surface area contributed by atoms with Crippen LogP contribution in [0, 0.1) is 23.7 Å². The van der Waals surface area contributed by atoms with Crippen molar-refractivity contribution in [1.29, 1.82) is 0 Å². The monoisotopic (exact) mass is 331 g/mol. The van der Waals surface area contributed by atoms with Gasteiger partial charge in [-0.3, -0.25) is 9.59 Å². The van der Waals surface area contributed by atoms with Crippen molar-refractivity contribution in [1.82, 2.24) is 5.32 Å². The summed E-state index contributed by atoms with van der Waals surface area (Å²) in [7, 11) is 3.13. The summed E-state index contributed by atoms with van der Waals surface area (Å²) in [6.45, 7) is 0.302. The lowest BCUT2D eigenvalue weighted by molar-refractivity contribution is -0.147. The van der Waals surface area contributed by atoms with Crippen molar-refractivity contribution in [3.05, 3.63) is 35.9 Å². The smallest absolute Gasteiger partial charge is 0.307 e. The molecule has 2 bridgehead atoms. The normalized spacial score (nSPS) is 27.1. The molecule has 1 aromatic rings. The van der Waals surface area contributed by atoms with E-state index in [1.807, 2.05) is 24.3 Å². The van der Waals surface area contributed by atoms with Crippen LogP contribution < -0.4 is 14.8 Å². The van der Waals surface area contributed by atoms with Crippen molar-refractivity contribution in [3.63, 3.8) is 0 Å². The minimum absolute atomic E-state index is 0.0240. The van der Waals surface area contributed by atoms with E-state index in [9.17, 15) is 14.7 Å². The second-order valence-electron chi connectivity index (χ2n) is 6.28. The van der Waals surface area contributed by atoms with Gasteiger partial charge in [0.1, 0.15) is 11.5 Å². The number of carboxylic acid groups (broad SMARTS) is 1. The highest BCUT2D eigenvalue weighted by Crippen LogP contribution is 2.48. The van der Waals surface area contributed by atoms with Crippen molar-refractivity contribution < 1.29 is 24.2 Å². The van der Waals surface area contributed by atoms with Crippen LogP contribution in [0.1, 0.15) is 12.0 Å². The molecule has 1 aromatic carbocycles. The molecule has 0 heterocycles. The Hall–Kier alpha value is -2.50. The van der Waals surface area contributed by atoms with Crippen LogP contribution in [0.15, 0.2) is 30.4 Å². The molecule has 3 rings (SSSR count). The first-order valence-electron chi connectivity index (χ1n) is 7.94. The molecule has 1 fully saturated rings. The molecule has 2 N–H and O–H groups in total. The van der Waals surface area contributed by atoms with Crippen molar-refractivity contribution in [2.75, 3.05) is 14.2 Å². The Bertz CT molecular complexity index is 662. The zero-order valence-electron chi connectivity index (χ0n) is 13.7. The van der Waals surface area contributed by atoms with Gasteiger partial charge in [-0.05, 0) is 36.0 Å². The van der Waals surface area contributed by atoms with Crippen LogP contribution in [-0.2, 0) is 16.1 Å². The van der Waals surface area contributed by atoms with Gasteiger partial charge in [-0.25, -0.2) is 0 Å². The number of carbonyl (C=O) groups excluding carboxylic acids is 1. The molecule has 2 aliphatic rings. The number of nitrogens with one attached hydrogen (secondary N) is 1. The average molecular weight is 331 g/mol. The molecule has 0 saturated heterocycles. The Kier molecular flexibility index (Phi) is 4.46. The van der Waals surface area contributed by atoms with Crippen LogP contribution in [0.2, 0.25) is 0 Å². The van der Waals surface area contributed by atoms with Gasteiger partial charge >= 0.3 is 5.97 Å². The molecule has 0 aliphatic heterocycles. The van der Waals surface area contributed by atoms with Gasteiger partial charge in [-0.1, -0.05) is 12.2 Å². The maximum Gasteiger partial charge on any atom is 0.307 e. The van der Waals surface area contributed by atoms with Crippen molar-refractivity contribution in [2.24, 2.45) is 23.7 Å². The van der Waals surface area contributed by atoms with Gasteiger partial charge in [0.2, 0.25) is 5.91 Å². The highest BCUT2D eigenvalue weighted by Gasteiger charge is 2.51. The molecular formula is C18H21NO5. The largest absolute Gasteiger partial charge is 0.497 e. The van der Waals surface area contributed by atoms with Crippen LogP contribution >= 0.6 is 0 Å². The van der Waals surface area contributed by atoms with E-state index in [-0.39, 0.29) is 17.7 Å². The fourth-order valence-electron chi connectivity index (χ4n) is 3.79. The SMILES string of the molecule is COc1cc(CNC(=O)[C@H]2[C@H](C(=O)O)[C@H]3C=C[C@H]2C3)cc(OC)c1.